The lowest BCUT2D eigenvalue weighted by atomic mass is 10.2. The van der Waals surface area contributed by atoms with Gasteiger partial charge in [-0.2, -0.15) is 0 Å². The largest absolute Gasteiger partial charge is 0.376 e. The van der Waals surface area contributed by atoms with E-state index >= 15 is 0 Å². The zero-order valence-electron chi connectivity index (χ0n) is 15.8. The maximum Gasteiger partial charge on any atom is 0.274 e. The highest BCUT2D eigenvalue weighted by molar-refractivity contribution is 6.03. The molecule has 1 amide bonds. The van der Waals surface area contributed by atoms with Crippen LogP contribution in [-0.2, 0) is 4.74 Å². The van der Waals surface area contributed by atoms with Crippen LogP contribution in [0.4, 0.5) is 15.9 Å². The van der Waals surface area contributed by atoms with Gasteiger partial charge in [-0.1, -0.05) is 42.5 Å². The van der Waals surface area contributed by atoms with Gasteiger partial charge in [0, 0.05) is 24.8 Å². The van der Waals surface area contributed by atoms with Crippen molar-refractivity contribution in [3.63, 3.8) is 0 Å². The van der Waals surface area contributed by atoms with Crippen molar-refractivity contribution in [3.05, 3.63) is 72.2 Å². The molecule has 1 aromatic heterocycles. The summed E-state index contributed by atoms with van der Waals surface area (Å²) in [5, 5.41) is 5.81. The van der Waals surface area contributed by atoms with E-state index in [2.05, 4.69) is 20.6 Å². The van der Waals surface area contributed by atoms with Crippen molar-refractivity contribution in [2.24, 2.45) is 0 Å². The van der Waals surface area contributed by atoms with Gasteiger partial charge in [-0.15, -0.1) is 0 Å². The fourth-order valence-electron chi connectivity index (χ4n) is 3.14. The Morgan fingerprint density at radius 3 is 2.66 bits per heavy atom. The van der Waals surface area contributed by atoms with E-state index in [1.54, 1.807) is 18.2 Å². The van der Waals surface area contributed by atoms with E-state index in [9.17, 15) is 9.18 Å². The van der Waals surface area contributed by atoms with Crippen molar-refractivity contribution in [2.45, 2.75) is 18.9 Å². The second-order valence-electron chi connectivity index (χ2n) is 6.78. The van der Waals surface area contributed by atoms with Gasteiger partial charge in [-0.05, 0) is 25.0 Å². The number of halogens is 1. The lowest BCUT2D eigenvalue weighted by Crippen LogP contribution is -2.20. The van der Waals surface area contributed by atoms with E-state index < -0.39 is 11.7 Å². The molecule has 1 atom stereocenters. The number of benzene rings is 2. The number of ether oxygens (including phenoxy) is 1. The van der Waals surface area contributed by atoms with Crippen molar-refractivity contribution >= 4 is 17.4 Å². The van der Waals surface area contributed by atoms with Gasteiger partial charge < -0.3 is 15.4 Å². The Morgan fingerprint density at radius 2 is 1.90 bits per heavy atom. The molecule has 2 N–H and O–H groups in total. The van der Waals surface area contributed by atoms with Crippen molar-refractivity contribution in [3.8, 4) is 11.4 Å². The molecule has 29 heavy (non-hydrogen) atoms. The van der Waals surface area contributed by atoms with Gasteiger partial charge in [0.15, 0.2) is 5.82 Å². The number of amides is 1. The highest BCUT2D eigenvalue weighted by Crippen LogP contribution is 2.20. The van der Waals surface area contributed by atoms with Crippen LogP contribution in [0.3, 0.4) is 0 Å². The second kappa shape index (κ2) is 8.79. The van der Waals surface area contributed by atoms with Crippen molar-refractivity contribution in [1.29, 1.82) is 0 Å². The van der Waals surface area contributed by atoms with Crippen molar-refractivity contribution < 1.29 is 13.9 Å². The maximum absolute atomic E-state index is 13.9. The number of hydrogen-bond acceptors (Lipinski definition) is 5. The Kier molecular flexibility index (Phi) is 5.76. The van der Waals surface area contributed by atoms with Crippen LogP contribution in [0.25, 0.3) is 11.4 Å². The van der Waals surface area contributed by atoms with Gasteiger partial charge in [0.25, 0.3) is 5.91 Å². The molecule has 0 spiro atoms. The molecule has 0 saturated carbocycles. The third kappa shape index (κ3) is 4.75. The third-order valence-electron chi connectivity index (χ3n) is 4.65. The molecular weight excluding hydrogens is 371 g/mol. The Labute approximate surface area is 168 Å². The molecular formula is C22H21FN4O2. The molecule has 0 bridgehead atoms. The fourth-order valence-corrected chi connectivity index (χ4v) is 3.14. The van der Waals surface area contributed by atoms with Gasteiger partial charge in [-0.3, -0.25) is 4.79 Å². The fraction of sp³-hybridized carbons (Fsp3) is 0.227. The zero-order chi connectivity index (χ0) is 20.1. The lowest BCUT2D eigenvalue weighted by Gasteiger charge is -2.13. The smallest absolute Gasteiger partial charge is 0.274 e. The predicted octanol–water partition coefficient (Wildman–Crippen LogP) is 4.13. The molecule has 6 nitrogen and oxygen atoms in total. The summed E-state index contributed by atoms with van der Waals surface area (Å²) in [5.41, 5.74) is 1.04. The van der Waals surface area contributed by atoms with Crippen molar-refractivity contribution in [2.75, 3.05) is 23.8 Å². The van der Waals surface area contributed by atoms with Crippen LogP contribution < -0.4 is 10.6 Å². The summed E-state index contributed by atoms with van der Waals surface area (Å²) in [6.45, 7) is 1.36. The van der Waals surface area contributed by atoms with E-state index in [1.165, 1.54) is 12.1 Å². The van der Waals surface area contributed by atoms with E-state index in [-0.39, 0.29) is 17.5 Å². The summed E-state index contributed by atoms with van der Waals surface area (Å²) in [7, 11) is 0. The Bertz CT molecular complexity index is 991. The van der Waals surface area contributed by atoms with Gasteiger partial charge in [-0.25, -0.2) is 14.4 Å². The zero-order valence-corrected chi connectivity index (χ0v) is 15.8. The van der Waals surface area contributed by atoms with E-state index in [4.69, 9.17) is 4.74 Å². The number of carbonyl (C=O) groups is 1. The number of para-hydroxylation sites is 1. The highest BCUT2D eigenvalue weighted by Gasteiger charge is 2.18. The molecule has 2 aromatic carbocycles. The van der Waals surface area contributed by atoms with Gasteiger partial charge in [0.05, 0.1) is 11.8 Å². The quantitative estimate of drug-likeness (QED) is 0.660. The molecule has 0 aliphatic carbocycles. The van der Waals surface area contributed by atoms with Crippen LogP contribution in [0.5, 0.6) is 0 Å². The van der Waals surface area contributed by atoms with Crippen LogP contribution in [0.2, 0.25) is 0 Å². The normalized spacial score (nSPS) is 15.8. The molecule has 1 unspecified atom stereocenters. The first-order chi connectivity index (χ1) is 14.2. The number of nitrogens with one attached hydrogen (secondary N) is 2. The van der Waals surface area contributed by atoms with Gasteiger partial charge in [0.1, 0.15) is 17.3 Å². The van der Waals surface area contributed by atoms with E-state index in [1.807, 2.05) is 30.3 Å². The van der Waals surface area contributed by atoms with Crippen LogP contribution in [-0.4, -0.2) is 35.1 Å². The number of hydrogen-bond donors (Lipinski definition) is 2. The number of carbonyl (C=O) groups excluding carboxylic acids is 1. The SMILES string of the molecule is O=C(Nc1ccccc1F)c1cc(NCC2CCCO2)nc(-c2ccccc2)n1. The molecule has 2 heterocycles. The predicted molar refractivity (Wildman–Crippen MR) is 109 cm³/mol. The molecule has 1 aliphatic rings. The molecule has 4 rings (SSSR count). The third-order valence-corrected chi connectivity index (χ3v) is 4.65. The van der Waals surface area contributed by atoms with Crippen LogP contribution in [0.1, 0.15) is 23.3 Å². The summed E-state index contributed by atoms with van der Waals surface area (Å²) in [5.74, 6) is -0.0700. The monoisotopic (exact) mass is 392 g/mol. The Hall–Kier alpha value is -3.32. The topological polar surface area (TPSA) is 76.1 Å². The summed E-state index contributed by atoms with van der Waals surface area (Å²) in [6.07, 6.45) is 2.16. The molecule has 1 aliphatic heterocycles. The number of rotatable bonds is 6. The maximum atomic E-state index is 13.9. The first-order valence-electron chi connectivity index (χ1n) is 9.55. The van der Waals surface area contributed by atoms with Crippen molar-refractivity contribution in [1.82, 2.24) is 9.97 Å². The second-order valence-corrected chi connectivity index (χ2v) is 6.78. The minimum atomic E-state index is -0.505. The number of aromatic nitrogens is 2. The van der Waals surface area contributed by atoms with Gasteiger partial charge >= 0.3 is 0 Å². The highest BCUT2D eigenvalue weighted by atomic mass is 19.1. The first-order valence-corrected chi connectivity index (χ1v) is 9.55. The minimum absolute atomic E-state index is 0.103. The molecule has 1 saturated heterocycles. The Morgan fingerprint density at radius 1 is 1.10 bits per heavy atom. The lowest BCUT2D eigenvalue weighted by molar-refractivity contribution is 0.102. The van der Waals surface area contributed by atoms with Crippen LogP contribution in [0.15, 0.2) is 60.7 Å². The average molecular weight is 392 g/mol. The Balaban J connectivity index is 1.61. The number of nitrogens with zero attached hydrogens (tertiary/aromatic N) is 2. The summed E-state index contributed by atoms with van der Waals surface area (Å²) >= 11 is 0. The average Bonchev–Trinajstić information content (AvgIpc) is 3.28. The summed E-state index contributed by atoms with van der Waals surface area (Å²) in [4.78, 5) is 21.7. The summed E-state index contributed by atoms with van der Waals surface area (Å²) in [6, 6.07) is 17.0. The molecule has 1 fully saturated rings. The molecule has 7 heteroatoms. The molecule has 3 aromatic rings. The number of anilines is 2. The minimum Gasteiger partial charge on any atom is -0.376 e. The van der Waals surface area contributed by atoms with Gasteiger partial charge in [0.2, 0.25) is 0 Å². The molecule has 0 radical (unpaired) electrons. The standard InChI is InChI=1S/C22H21FN4O2/c23-17-10-4-5-11-18(17)26-22(28)19-13-20(24-14-16-9-6-12-29-16)27-21(25-19)15-7-2-1-3-8-15/h1-5,7-8,10-11,13,16H,6,9,12,14H2,(H,26,28)(H,24,25,27). The first kappa shape index (κ1) is 19.0. The van der Waals surface area contributed by atoms with E-state index in [0.29, 0.717) is 18.2 Å². The summed E-state index contributed by atoms with van der Waals surface area (Å²) < 4.78 is 19.5. The van der Waals surface area contributed by atoms with Crippen LogP contribution in [0, 0.1) is 5.82 Å². The molecule has 148 valence electrons. The van der Waals surface area contributed by atoms with Crippen LogP contribution >= 0.6 is 0 Å². The van der Waals surface area contributed by atoms with E-state index in [0.717, 1.165) is 25.0 Å².